The van der Waals surface area contributed by atoms with Crippen LogP contribution in [0.5, 0.6) is 5.75 Å². The van der Waals surface area contributed by atoms with Gasteiger partial charge in [-0.25, -0.2) is 9.37 Å². The second-order valence-electron chi connectivity index (χ2n) is 8.31. The lowest BCUT2D eigenvalue weighted by Crippen LogP contribution is -2.23. The predicted molar refractivity (Wildman–Crippen MR) is 155 cm³/mol. The average Bonchev–Trinajstić information content (AvgIpc) is 2.88. The zero-order chi connectivity index (χ0) is 26.5. The van der Waals surface area contributed by atoms with E-state index in [-0.39, 0.29) is 23.8 Å². The molecular formula is C27H23BrFIN4O3. The molecule has 0 saturated heterocycles. The number of benzene rings is 3. The second-order valence-corrected chi connectivity index (χ2v) is 10.4. The fourth-order valence-electron chi connectivity index (χ4n) is 3.51. The van der Waals surface area contributed by atoms with Gasteiger partial charge in [-0.3, -0.25) is 9.59 Å². The van der Waals surface area contributed by atoms with Gasteiger partial charge in [-0.1, -0.05) is 41.9 Å². The molecule has 4 aromatic rings. The summed E-state index contributed by atoms with van der Waals surface area (Å²) in [5.41, 5.74) is 1.22. The minimum atomic E-state index is -0.515. The monoisotopic (exact) mass is 676 g/mol. The number of hydrogen-bond acceptors (Lipinski definition) is 5. The highest BCUT2D eigenvalue weighted by Gasteiger charge is 2.16. The average molecular weight is 677 g/mol. The maximum absolute atomic E-state index is 13.7. The van der Waals surface area contributed by atoms with E-state index in [9.17, 15) is 14.0 Å². The summed E-state index contributed by atoms with van der Waals surface area (Å²) < 4.78 is 22.2. The number of carbonyl (C=O) groups is 1. The molecule has 0 aliphatic carbocycles. The van der Waals surface area contributed by atoms with Gasteiger partial charge >= 0.3 is 0 Å². The van der Waals surface area contributed by atoms with Crippen LogP contribution in [0.3, 0.4) is 0 Å². The Morgan fingerprint density at radius 3 is 2.76 bits per heavy atom. The van der Waals surface area contributed by atoms with Gasteiger partial charge in [-0.05, 0) is 83.1 Å². The highest BCUT2D eigenvalue weighted by atomic mass is 127. The first-order valence-corrected chi connectivity index (χ1v) is 13.4. The smallest absolute Gasteiger partial charge is 0.282 e. The molecule has 0 saturated carbocycles. The molecule has 0 bridgehead atoms. The Bertz CT molecular complexity index is 1560. The lowest BCUT2D eigenvalue weighted by atomic mass is 10.1. The van der Waals surface area contributed by atoms with Crippen LogP contribution in [-0.4, -0.2) is 28.4 Å². The van der Waals surface area contributed by atoms with Gasteiger partial charge in [-0.2, -0.15) is 9.78 Å². The predicted octanol–water partition coefficient (Wildman–Crippen LogP) is 6.32. The van der Waals surface area contributed by atoms with Crippen LogP contribution < -0.4 is 15.6 Å². The van der Waals surface area contributed by atoms with Gasteiger partial charge in [0.25, 0.3) is 11.5 Å². The van der Waals surface area contributed by atoms with Crippen molar-refractivity contribution in [1.29, 1.82) is 0 Å². The molecule has 1 heterocycles. The standard InChI is InChI=1S/C27H23BrFIN4O3/c1-3-16(2)26-33-22-10-9-18(28)13-19(22)27(36)34(26)31-14-17-8-11-24(21(30)12-17)37-15-25(35)32-23-7-5-4-6-20(23)29/h4-14,16H,3,15H2,1-2H3,(H,32,35)/t16-/m0/s1. The topological polar surface area (TPSA) is 85.6 Å². The molecule has 0 radical (unpaired) electrons. The molecule has 1 aromatic heterocycles. The third-order valence-electron chi connectivity index (χ3n) is 5.67. The van der Waals surface area contributed by atoms with Crippen molar-refractivity contribution in [3.63, 3.8) is 0 Å². The first-order valence-electron chi connectivity index (χ1n) is 11.5. The number of anilines is 1. The number of rotatable bonds is 8. The molecule has 10 heteroatoms. The van der Waals surface area contributed by atoms with Crippen LogP contribution in [0, 0.1) is 9.39 Å². The van der Waals surface area contributed by atoms with E-state index in [1.807, 2.05) is 32.0 Å². The Balaban J connectivity index is 1.53. The van der Waals surface area contributed by atoms with Crippen molar-refractivity contribution in [1.82, 2.24) is 9.66 Å². The Labute approximate surface area is 235 Å². The fraction of sp³-hybridized carbons (Fsp3) is 0.185. The van der Waals surface area contributed by atoms with E-state index in [1.54, 1.807) is 36.5 Å². The van der Waals surface area contributed by atoms with E-state index in [2.05, 4.69) is 48.9 Å². The van der Waals surface area contributed by atoms with E-state index < -0.39 is 11.7 Å². The van der Waals surface area contributed by atoms with Gasteiger partial charge in [0.2, 0.25) is 0 Å². The largest absolute Gasteiger partial charge is 0.483 e. The van der Waals surface area contributed by atoms with Crippen molar-refractivity contribution in [2.45, 2.75) is 26.2 Å². The molecule has 1 amide bonds. The minimum Gasteiger partial charge on any atom is -0.483 e. The van der Waals surface area contributed by atoms with E-state index in [1.165, 1.54) is 16.8 Å². The van der Waals surface area contributed by atoms with Crippen LogP contribution in [0.1, 0.15) is 37.6 Å². The minimum absolute atomic E-state index is 0.0318. The van der Waals surface area contributed by atoms with Crippen LogP contribution in [0.2, 0.25) is 0 Å². The molecule has 0 unspecified atom stereocenters. The van der Waals surface area contributed by atoms with Gasteiger partial charge in [0, 0.05) is 10.4 Å². The summed E-state index contributed by atoms with van der Waals surface area (Å²) in [6.07, 6.45) is 2.40. The Kier molecular flexibility index (Phi) is 8.70. The molecule has 0 aliphatic heterocycles. The molecule has 0 fully saturated rings. The van der Waals surface area contributed by atoms with Crippen LogP contribution >= 0.6 is 38.5 Å². The SMILES string of the molecule is CC[C@H](C)c1nc2ccc(Br)cc2c(=O)n1N=Cc1ccc(OCC(=O)Nc2ccccc2F)c(I)c1. The summed E-state index contributed by atoms with van der Waals surface area (Å²) in [5.74, 6) is 0.132. The number of amides is 1. The molecule has 4 rings (SSSR count). The molecule has 0 aliphatic rings. The first-order chi connectivity index (χ1) is 17.8. The maximum atomic E-state index is 13.7. The fourth-order valence-corrected chi connectivity index (χ4v) is 4.57. The molecule has 1 atom stereocenters. The van der Waals surface area contributed by atoms with Gasteiger partial charge < -0.3 is 10.1 Å². The lowest BCUT2D eigenvalue weighted by Gasteiger charge is -2.14. The van der Waals surface area contributed by atoms with Crippen LogP contribution in [0.4, 0.5) is 10.1 Å². The van der Waals surface area contributed by atoms with E-state index in [0.717, 1.165) is 20.0 Å². The van der Waals surface area contributed by atoms with Gasteiger partial charge in [-0.15, -0.1) is 0 Å². The van der Waals surface area contributed by atoms with Crippen LogP contribution in [-0.2, 0) is 4.79 Å². The van der Waals surface area contributed by atoms with E-state index >= 15 is 0 Å². The number of ether oxygens (including phenoxy) is 1. The highest BCUT2D eigenvalue weighted by molar-refractivity contribution is 14.1. The maximum Gasteiger partial charge on any atom is 0.282 e. The number of nitrogens with zero attached hydrogens (tertiary/aromatic N) is 3. The van der Waals surface area contributed by atoms with E-state index in [0.29, 0.717) is 22.5 Å². The summed E-state index contributed by atoms with van der Waals surface area (Å²) >= 11 is 5.51. The van der Waals surface area contributed by atoms with Crippen molar-refractivity contribution in [2.24, 2.45) is 5.10 Å². The van der Waals surface area contributed by atoms with Gasteiger partial charge in [0.1, 0.15) is 17.4 Å². The van der Waals surface area contributed by atoms with Crippen molar-refractivity contribution < 1.29 is 13.9 Å². The third kappa shape index (κ3) is 6.42. The summed E-state index contributed by atoms with van der Waals surface area (Å²) in [5, 5.41) is 7.45. The quantitative estimate of drug-likeness (QED) is 0.175. The number of fused-ring (bicyclic) bond motifs is 1. The Hall–Kier alpha value is -3.12. The zero-order valence-corrected chi connectivity index (χ0v) is 23.8. The lowest BCUT2D eigenvalue weighted by molar-refractivity contribution is -0.118. The molecular weight excluding hydrogens is 654 g/mol. The zero-order valence-electron chi connectivity index (χ0n) is 20.0. The molecule has 37 heavy (non-hydrogen) atoms. The Morgan fingerprint density at radius 1 is 1.24 bits per heavy atom. The molecule has 3 aromatic carbocycles. The molecule has 190 valence electrons. The van der Waals surface area contributed by atoms with Crippen molar-refractivity contribution in [3.8, 4) is 5.75 Å². The number of aromatic nitrogens is 2. The number of para-hydroxylation sites is 1. The molecule has 7 nitrogen and oxygen atoms in total. The second kappa shape index (κ2) is 12.0. The van der Waals surface area contributed by atoms with Crippen LogP contribution in [0.15, 0.2) is 75.0 Å². The van der Waals surface area contributed by atoms with Crippen LogP contribution in [0.25, 0.3) is 10.9 Å². The van der Waals surface area contributed by atoms with Gasteiger partial charge in [0.05, 0.1) is 26.4 Å². The van der Waals surface area contributed by atoms with Gasteiger partial charge in [0.15, 0.2) is 6.61 Å². The third-order valence-corrected chi connectivity index (χ3v) is 7.01. The Morgan fingerprint density at radius 2 is 2.03 bits per heavy atom. The highest BCUT2D eigenvalue weighted by Crippen LogP contribution is 2.23. The number of hydrogen-bond donors (Lipinski definition) is 1. The van der Waals surface area contributed by atoms with Crippen molar-refractivity contribution in [2.75, 3.05) is 11.9 Å². The molecule has 0 spiro atoms. The number of nitrogens with one attached hydrogen (secondary N) is 1. The van der Waals surface area contributed by atoms with Crippen molar-refractivity contribution in [3.05, 3.63) is 96.3 Å². The summed E-state index contributed by atoms with van der Waals surface area (Å²) in [6.45, 7) is 3.77. The summed E-state index contributed by atoms with van der Waals surface area (Å²) in [6, 6.07) is 16.7. The van der Waals surface area contributed by atoms with Crippen molar-refractivity contribution >= 4 is 67.2 Å². The first kappa shape index (κ1) is 26.9. The summed E-state index contributed by atoms with van der Waals surface area (Å²) in [7, 11) is 0. The number of carbonyl (C=O) groups excluding carboxylic acids is 1. The normalized spacial score (nSPS) is 12.1. The summed E-state index contributed by atoms with van der Waals surface area (Å²) in [4.78, 5) is 30.2. The number of halogens is 3. The molecule has 1 N–H and O–H groups in total. The van der Waals surface area contributed by atoms with E-state index in [4.69, 9.17) is 9.72 Å².